The minimum Gasteiger partial charge on any atom is -0.392 e. The first-order valence-corrected chi connectivity index (χ1v) is 7.88. The summed E-state index contributed by atoms with van der Waals surface area (Å²) in [7, 11) is 0. The standard InChI is InChI=1S/C17H17BrN2O3/c1-11(21)10-19-16(22)13-5-3-7-15(9-13)20-17(23)12-4-2-6-14(18)8-12/h2-9,11,21H,10H2,1H3,(H,19,22)(H,20,23). The van der Waals surface area contributed by atoms with E-state index in [4.69, 9.17) is 0 Å². The van der Waals surface area contributed by atoms with Crippen molar-refractivity contribution in [3.8, 4) is 0 Å². The summed E-state index contributed by atoms with van der Waals surface area (Å²) in [6.45, 7) is 1.77. The van der Waals surface area contributed by atoms with E-state index in [2.05, 4.69) is 26.6 Å². The molecule has 0 radical (unpaired) electrons. The van der Waals surface area contributed by atoms with Crippen molar-refractivity contribution in [1.82, 2.24) is 5.32 Å². The lowest BCUT2D eigenvalue weighted by Crippen LogP contribution is -2.30. The molecule has 1 atom stereocenters. The summed E-state index contributed by atoms with van der Waals surface area (Å²) in [5, 5.41) is 14.6. The molecule has 6 heteroatoms. The maximum atomic E-state index is 12.2. The van der Waals surface area contributed by atoms with E-state index in [0.717, 1.165) is 4.47 Å². The number of hydrogen-bond acceptors (Lipinski definition) is 3. The van der Waals surface area contributed by atoms with Gasteiger partial charge in [0, 0.05) is 27.8 Å². The molecule has 0 aromatic heterocycles. The van der Waals surface area contributed by atoms with E-state index in [9.17, 15) is 14.7 Å². The van der Waals surface area contributed by atoms with E-state index in [1.807, 2.05) is 6.07 Å². The minimum absolute atomic E-state index is 0.174. The number of anilines is 1. The van der Waals surface area contributed by atoms with Gasteiger partial charge in [0.05, 0.1) is 6.10 Å². The number of carbonyl (C=O) groups excluding carboxylic acids is 2. The average Bonchev–Trinajstić information content (AvgIpc) is 2.52. The van der Waals surface area contributed by atoms with Crippen LogP contribution in [0.2, 0.25) is 0 Å². The van der Waals surface area contributed by atoms with Gasteiger partial charge >= 0.3 is 0 Å². The van der Waals surface area contributed by atoms with Gasteiger partial charge < -0.3 is 15.7 Å². The topological polar surface area (TPSA) is 78.4 Å². The third-order valence-electron chi connectivity index (χ3n) is 3.03. The van der Waals surface area contributed by atoms with E-state index in [1.165, 1.54) is 0 Å². The highest BCUT2D eigenvalue weighted by Gasteiger charge is 2.10. The lowest BCUT2D eigenvalue weighted by Gasteiger charge is -2.09. The fraction of sp³-hybridized carbons (Fsp3) is 0.176. The van der Waals surface area contributed by atoms with Gasteiger partial charge in [0.15, 0.2) is 0 Å². The maximum absolute atomic E-state index is 12.2. The smallest absolute Gasteiger partial charge is 0.255 e. The number of halogens is 1. The first kappa shape index (κ1) is 17.2. The van der Waals surface area contributed by atoms with Gasteiger partial charge in [-0.1, -0.05) is 28.1 Å². The van der Waals surface area contributed by atoms with E-state index in [0.29, 0.717) is 16.8 Å². The number of amides is 2. The molecule has 120 valence electrons. The molecule has 0 saturated carbocycles. The van der Waals surface area contributed by atoms with Crippen molar-refractivity contribution in [2.75, 3.05) is 11.9 Å². The van der Waals surface area contributed by atoms with Crippen LogP contribution in [0.3, 0.4) is 0 Å². The number of carbonyl (C=O) groups is 2. The fourth-order valence-corrected chi connectivity index (χ4v) is 2.31. The summed E-state index contributed by atoms with van der Waals surface area (Å²) in [5.41, 5.74) is 1.46. The molecule has 0 bridgehead atoms. The molecule has 0 heterocycles. The van der Waals surface area contributed by atoms with E-state index >= 15 is 0 Å². The second-order valence-corrected chi connectivity index (χ2v) is 6.02. The van der Waals surface area contributed by atoms with Gasteiger partial charge in [-0.25, -0.2) is 0 Å². The van der Waals surface area contributed by atoms with Crippen molar-refractivity contribution in [3.63, 3.8) is 0 Å². The van der Waals surface area contributed by atoms with Crippen LogP contribution >= 0.6 is 15.9 Å². The van der Waals surface area contributed by atoms with Crippen LogP contribution in [0.25, 0.3) is 0 Å². The number of benzene rings is 2. The van der Waals surface area contributed by atoms with Gasteiger partial charge in [-0.15, -0.1) is 0 Å². The van der Waals surface area contributed by atoms with E-state index in [1.54, 1.807) is 49.4 Å². The molecular formula is C17H17BrN2O3. The SMILES string of the molecule is CC(O)CNC(=O)c1cccc(NC(=O)c2cccc(Br)c2)c1. The van der Waals surface area contributed by atoms with Crippen LogP contribution in [0.4, 0.5) is 5.69 Å². The molecule has 3 N–H and O–H groups in total. The van der Waals surface area contributed by atoms with Crippen molar-refractivity contribution in [2.45, 2.75) is 13.0 Å². The minimum atomic E-state index is -0.613. The Balaban J connectivity index is 2.08. The van der Waals surface area contributed by atoms with E-state index in [-0.39, 0.29) is 18.4 Å². The zero-order chi connectivity index (χ0) is 16.8. The fourth-order valence-electron chi connectivity index (χ4n) is 1.91. The summed E-state index contributed by atoms with van der Waals surface area (Å²) >= 11 is 3.32. The molecule has 0 fully saturated rings. The molecule has 2 aromatic rings. The molecule has 2 amide bonds. The molecule has 5 nitrogen and oxygen atoms in total. The quantitative estimate of drug-likeness (QED) is 0.750. The summed E-state index contributed by atoms with van der Waals surface area (Å²) in [6, 6.07) is 13.7. The molecule has 0 aliphatic carbocycles. The second-order valence-electron chi connectivity index (χ2n) is 5.10. The lowest BCUT2D eigenvalue weighted by atomic mass is 10.1. The average molecular weight is 377 g/mol. The van der Waals surface area contributed by atoms with Crippen LogP contribution in [0.5, 0.6) is 0 Å². The molecule has 23 heavy (non-hydrogen) atoms. The summed E-state index contributed by atoms with van der Waals surface area (Å²) in [5.74, 6) is -0.558. The predicted molar refractivity (Wildman–Crippen MR) is 92.6 cm³/mol. The number of aliphatic hydroxyl groups excluding tert-OH is 1. The molecule has 1 unspecified atom stereocenters. The van der Waals surface area contributed by atoms with Crippen LogP contribution in [-0.2, 0) is 0 Å². The summed E-state index contributed by atoms with van der Waals surface area (Å²) in [6.07, 6.45) is -0.613. The van der Waals surface area contributed by atoms with E-state index < -0.39 is 6.10 Å². The van der Waals surface area contributed by atoms with Crippen molar-refractivity contribution >= 4 is 33.4 Å². The molecular weight excluding hydrogens is 360 g/mol. The highest BCUT2D eigenvalue weighted by molar-refractivity contribution is 9.10. The Bertz CT molecular complexity index is 716. The van der Waals surface area contributed by atoms with Crippen LogP contribution in [-0.4, -0.2) is 29.6 Å². The Morgan fingerprint density at radius 2 is 1.74 bits per heavy atom. The van der Waals surface area contributed by atoms with Gasteiger partial charge in [0.1, 0.15) is 0 Å². The van der Waals surface area contributed by atoms with Crippen molar-refractivity contribution < 1.29 is 14.7 Å². The Morgan fingerprint density at radius 1 is 1.09 bits per heavy atom. The number of aliphatic hydroxyl groups is 1. The third kappa shape index (κ3) is 5.19. The monoisotopic (exact) mass is 376 g/mol. The van der Waals surface area contributed by atoms with Crippen molar-refractivity contribution in [1.29, 1.82) is 0 Å². The third-order valence-corrected chi connectivity index (χ3v) is 3.52. The highest BCUT2D eigenvalue weighted by Crippen LogP contribution is 2.15. The van der Waals surface area contributed by atoms with Gasteiger partial charge in [-0.3, -0.25) is 9.59 Å². The van der Waals surface area contributed by atoms with Crippen LogP contribution in [0.15, 0.2) is 53.0 Å². The number of rotatable bonds is 5. The zero-order valence-electron chi connectivity index (χ0n) is 12.5. The second kappa shape index (κ2) is 7.89. The normalized spacial score (nSPS) is 11.6. The predicted octanol–water partition coefficient (Wildman–Crippen LogP) is 2.81. The van der Waals surface area contributed by atoms with Crippen LogP contribution in [0, 0.1) is 0 Å². The molecule has 2 rings (SSSR count). The molecule has 0 aliphatic heterocycles. The zero-order valence-corrected chi connectivity index (χ0v) is 14.1. The van der Waals surface area contributed by atoms with Crippen LogP contribution in [0.1, 0.15) is 27.6 Å². The molecule has 0 spiro atoms. The maximum Gasteiger partial charge on any atom is 0.255 e. The largest absolute Gasteiger partial charge is 0.392 e. The van der Waals surface area contributed by atoms with Gasteiger partial charge in [-0.05, 0) is 43.3 Å². The number of nitrogens with one attached hydrogen (secondary N) is 2. The highest BCUT2D eigenvalue weighted by atomic mass is 79.9. The van der Waals surface area contributed by atoms with Crippen molar-refractivity contribution in [2.24, 2.45) is 0 Å². The molecule has 0 aliphatic rings. The summed E-state index contributed by atoms with van der Waals surface area (Å²) < 4.78 is 0.816. The van der Waals surface area contributed by atoms with Gasteiger partial charge in [0.25, 0.3) is 11.8 Å². The van der Waals surface area contributed by atoms with Gasteiger partial charge in [-0.2, -0.15) is 0 Å². The first-order chi connectivity index (χ1) is 11.0. The Labute approximate surface area is 142 Å². The number of hydrogen-bond donors (Lipinski definition) is 3. The van der Waals surface area contributed by atoms with Crippen LogP contribution < -0.4 is 10.6 Å². The van der Waals surface area contributed by atoms with Crippen molar-refractivity contribution in [3.05, 3.63) is 64.1 Å². The summed E-state index contributed by atoms with van der Waals surface area (Å²) in [4.78, 5) is 24.2. The Kier molecular flexibility index (Phi) is 5.90. The molecule has 2 aromatic carbocycles. The Morgan fingerprint density at radius 3 is 2.39 bits per heavy atom. The van der Waals surface area contributed by atoms with Gasteiger partial charge in [0.2, 0.25) is 0 Å². The first-order valence-electron chi connectivity index (χ1n) is 7.09. The lowest BCUT2D eigenvalue weighted by molar-refractivity contribution is 0.0923. The molecule has 0 saturated heterocycles. The Hall–Kier alpha value is -2.18.